The van der Waals surface area contributed by atoms with Crippen molar-refractivity contribution in [1.82, 2.24) is 4.90 Å². The summed E-state index contributed by atoms with van der Waals surface area (Å²) in [7, 11) is 0. The average Bonchev–Trinajstić information content (AvgIpc) is 2.77. The van der Waals surface area contributed by atoms with Crippen LogP contribution < -0.4 is 10.1 Å². The van der Waals surface area contributed by atoms with E-state index in [4.69, 9.17) is 0 Å². The third-order valence-electron chi connectivity index (χ3n) is 4.14. The number of nitrogens with zero attached hydrogens (tertiary/aromatic N) is 1. The number of benzene rings is 1. The van der Waals surface area contributed by atoms with Crippen LogP contribution >= 0.6 is 15.9 Å². The van der Waals surface area contributed by atoms with Gasteiger partial charge in [0.15, 0.2) is 5.75 Å². The van der Waals surface area contributed by atoms with Crippen LogP contribution in [0.3, 0.4) is 0 Å². The molecule has 0 saturated carbocycles. The molecule has 2 bridgehead atoms. The van der Waals surface area contributed by atoms with Crippen LogP contribution in [-0.2, 0) is 0 Å². The Balaban J connectivity index is 1.78. The van der Waals surface area contributed by atoms with Crippen LogP contribution in [0.25, 0.3) is 0 Å². The predicted octanol–water partition coefficient (Wildman–Crippen LogP) is 3.85. The van der Waals surface area contributed by atoms with Gasteiger partial charge in [-0.15, -0.1) is 13.2 Å². The summed E-state index contributed by atoms with van der Waals surface area (Å²) in [6.07, 6.45) is -2.64. The number of halogens is 4. The van der Waals surface area contributed by atoms with Crippen LogP contribution in [0.2, 0.25) is 0 Å². The van der Waals surface area contributed by atoms with Crippen LogP contribution in [0, 0.1) is 5.92 Å². The van der Waals surface area contributed by atoms with Gasteiger partial charge in [0.25, 0.3) is 0 Å². The van der Waals surface area contributed by atoms with Crippen molar-refractivity contribution in [2.45, 2.75) is 25.2 Å². The molecule has 0 spiro atoms. The van der Waals surface area contributed by atoms with Gasteiger partial charge in [0.2, 0.25) is 0 Å². The van der Waals surface area contributed by atoms with E-state index in [2.05, 4.69) is 30.9 Å². The minimum atomic E-state index is -4.69. The fourth-order valence-corrected chi connectivity index (χ4v) is 3.51. The Morgan fingerprint density at radius 2 is 2.00 bits per heavy atom. The molecule has 7 heteroatoms. The first-order valence-electron chi connectivity index (χ1n) is 6.95. The number of anilines is 1. The van der Waals surface area contributed by atoms with Crippen LogP contribution in [0.5, 0.6) is 5.75 Å². The van der Waals surface area contributed by atoms with Gasteiger partial charge in [-0.2, -0.15) is 0 Å². The van der Waals surface area contributed by atoms with Crippen molar-refractivity contribution < 1.29 is 17.9 Å². The van der Waals surface area contributed by atoms with Crippen molar-refractivity contribution in [2.75, 3.05) is 25.0 Å². The fourth-order valence-electron chi connectivity index (χ4n) is 3.17. The highest BCUT2D eigenvalue weighted by Crippen LogP contribution is 2.36. The van der Waals surface area contributed by atoms with Gasteiger partial charge in [0.05, 0.1) is 5.69 Å². The summed E-state index contributed by atoms with van der Waals surface area (Å²) in [5, 5.41) is 3.25. The summed E-state index contributed by atoms with van der Waals surface area (Å²) >= 11 is 3.18. The molecule has 0 radical (unpaired) electrons. The maximum absolute atomic E-state index is 12.5. The zero-order valence-electron chi connectivity index (χ0n) is 11.3. The number of fused-ring (bicyclic) bond motifs is 2. The first-order valence-corrected chi connectivity index (χ1v) is 7.74. The molecule has 116 valence electrons. The summed E-state index contributed by atoms with van der Waals surface area (Å²) in [6, 6.07) is 4.90. The predicted molar refractivity (Wildman–Crippen MR) is 77.4 cm³/mol. The molecule has 2 fully saturated rings. The molecule has 2 aliphatic rings. The van der Waals surface area contributed by atoms with E-state index in [1.807, 2.05) is 0 Å². The van der Waals surface area contributed by atoms with E-state index < -0.39 is 6.36 Å². The molecule has 3 atom stereocenters. The molecule has 3 rings (SSSR count). The van der Waals surface area contributed by atoms with Gasteiger partial charge < -0.3 is 15.0 Å². The van der Waals surface area contributed by atoms with Crippen molar-refractivity contribution in [3.05, 3.63) is 22.7 Å². The standard InChI is InChI=1S/C14H16BrF3N2O/c15-10-1-2-12(13(7-10)21-14(16,17)18)19-11-4-6-20-5-3-9(11)8-20/h1-2,7,9,11,19H,3-6,8H2. The summed E-state index contributed by atoms with van der Waals surface area (Å²) < 4.78 is 42.2. The Bertz CT molecular complexity index is 523. The molecule has 3 unspecified atom stereocenters. The maximum Gasteiger partial charge on any atom is 0.573 e. The Kier molecular flexibility index (Phi) is 4.05. The zero-order chi connectivity index (χ0) is 15.0. The van der Waals surface area contributed by atoms with E-state index >= 15 is 0 Å². The molecule has 21 heavy (non-hydrogen) atoms. The highest BCUT2D eigenvalue weighted by molar-refractivity contribution is 9.10. The molecule has 2 saturated heterocycles. The lowest BCUT2D eigenvalue weighted by atomic mass is 9.94. The van der Waals surface area contributed by atoms with Gasteiger partial charge in [0.1, 0.15) is 0 Å². The first-order chi connectivity index (χ1) is 9.90. The largest absolute Gasteiger partial charge is 0.573 e. The number of alkyl halides is 3. The summed E-state index contributed by atoms with van der Waals surface area (Å²) in [5.74, 6) is 0.318. The quantitative estimate of drug-likeness (QED) is 0.881. The van der Waals surface area contributed by atoms with Gasteiger partial charge in [-0.1, -0.05) is 15.9 Å². The second-order valence-electron chi connectivity index (χ2n) is 5.58. The highest BCUT2D eigenvalue weighted by atomic mass is 79.9. The van der Waals surface area contributed by atoms with E-state index in [1.54, 1.807) is 12.1 Å². The molecule has 0 aromatic heterocycles. The molecule has 1 aromatic rings. The molecule has 1 aromatic carbocycles. The minimum absolute atomic E-state index is 0.183. The van der Waals surface area contributed by atoms with Crippen molar-refractivity contribution in [3.8, 4) is 5.75 Å². The maximum atomic E-state index is 12.5. The third-order valence-corrected chi connectivity index (χ3v) is 4.64. The third kappa shape index (κ3) is 3.63. The topological polar surface area (TPSA) is 24.5 Å². The van der Waals surface area contributed by atoms with Crippen molar-refractivity contribution >= 4 is 21.6 Å². The number of rotatable bonds is 3. The SMILES string of the molecule is FC(F)(F)Oc1cc(Br)ccc1NC1CCN2CCC1C2. The average molecular weight is 365 g/mol. The molecule has 0 amide bonds. The number of nitrogens with one attached hydrogen (secondary N) is 1. The first kappa shape index (κ1) is 15.0. The number of hydrogen-bond donors (Lipinski definition) is 1. The van der Waals surface area contributed by atoms with E-state index in [0.29, 0.717) is 16.1 Å². The Labute approximate surface area is 129 Å². The van der Waals surface area contributed by atoms with E-state index in [1.165, 1.54) is 6.07 Å². The highest BCUT2D eigenvalue weighted by Gasteiger charge is 2.36. The molecule has 2 heterocycles. The van der Waals surface area contributed by atoms with Gasteiger partial charge in [0, 0.05) is 23.6 Å². The van der Waals surface area contributed by atoms with Crippen LogP contribution in [0.15, 0.2) is 22.7 Å². The van der Waals surface area contributed by atoms with Gasteiger partial charge >= 0.3 is 6.36 Å². The smallest absolute Gasteiger partial charge is 0.404 e. The molecule has 3 nitrogen and oxygen atoms in total. The molecular formula is C14H16BrF3N2O. The Morgan fingerprint density at radius 1 is 1.24 bits per heavy atom. The lowest BCUT2D eigenvalue weighted by molar-refractivity contribution is -0.274. The lowest BCUT2D eigenvalue weighted by Gasteiger charge is -2.32. The molecule has 2 aliphatic heterocycles. The van der Waals surface area contributed by atoms with E-state index in [9.17, 15) is 13.2 Å². The van der Waals surface area contributed by atoms with Crippen LogP contribution in [-0.4, -0.2) is 36.9 Å². The number of ether oxygens (including phenoxy) is 1. The normalized spacial score (nSPS) is 28.5. The molecule has 0 aliphatic carbocycles. The van der Waals surface area contributed by atoms with Crippen LogP contribution in [0.1, 0.15) is 12.8 Å². The Morgan fingerprint density at radius 3 is 2.76 bits per heavy atom. The lowest BCUT2D eigenvalue weighted by Crippen LogP contribution is -2.39. The minimum Gasteiger partial charge on any atom is -0.404 e. The molecular weight excluding hydrogens is 349 g/mol. The summed E-state index contributed by atoms with van der Waals surface area (Å²) in [6.45, 7) is 3.12. The summed E-state index contributed by atoms with van der Waals surface area (Å²) in [4.78, 5) is 2.40. The number of hydrogen-bond acceptors (Lipinski definition) is 3. The zero-order valence-corrected chi connectivity index (χ0v) is 12.9. The van der Waals surface area contributed by atoms with Gasteiger partial charge in [-0.25, -0.2) is 0 Å². The van der Waals surface area contributed by atoms with Crippen molar-refractivity contribution in [3.63, 3.8) is 0 Å². The van der Waals surface area contributed by atoms with Crippen molar-refractivity contribution in [2.24, 2.45) is 5.92 Å². The van der Waals surface area contributed by atoms with Gasteiger partial charge in [-0.3, -0.25) is 0 Å². The second kappa shape index (κ2) is 5.68. The van der Waals surface area contributed by atoms with Gasteiger partial charge in [-0.05, 0) is 43.5 Å². The molecule has 1 N–H and O–H groups in total. The number of piperidine rings is 1. The van der Waals surface area contributed by atoms with E-state index in [-0.39, 0.29) is 11.8 Å². The Hall–Kier alpha value is -0.950. The van der Waals surface area contributed by atoms with Crippen LogP contribution in [0.4, 0.5) is 18.9 Å². The monoisotopic (exact) mass is 364 g/mol. The van der Waals surface area contributed by atoms with Crippen molar-refractivity contribution in [1.29, 1.82) is 0 Å². The summed E-state index contributed by atoms with van der Waals surface area (Å²) in [5.41, 5.74) is 0.404. The van der Waals surface area contributed by atoms with E-state index in [0.717, 1.165) is 32.5 Å². The fraction of sp³-hybridized carbons (Fsp3) is 0.571. The second-order valence-corrected chi connectivity index (χ2v) is 6.49.